The van der Waals surface area contributed by atoms with Crippen molar-refractivity contribution in [1.82, 2.24) is 0 Å². The summed E-state index contributed by atoms with van der Waals surface area (Å²) < 4.78 is 6.22. The van der Waals surface area contributed by atoms with Crippen molar-refractivity contribution in [3.05, 3.63) is 21.6 Å². The summed E-state index contributed by atoms with van der Waals surface area (Å²) in [4.78, 5) is 12.1. The van der Waals surface area contributed by atoms with Crippen molar-refractivity contribution >= 4 is 39.1 Å². The van der Waals surface area contributed by atoms with Gasteiger partial charge in [0.1, 0.15) is 0 Å². The van der Waals surface area contributed by atoms with Gasteiger partial charge in [0.05, 0.1) is 22.8 Å². The third-order valence-corrected chi connectivity index (χ3v) is 3.42. The topological polar surface area (TPSA) is 64.3 Å². The van der Waals surface area contributed by atoms with Gasteiger partial charge in [-0.1, -0.05) is 25.4 Å². The van der Waals surface area contributed by atoms with E-state index in [2.05, 4.69) is 21.2 Å². The molecule has 0 bridgehead atoms. The van der Waals surface area contributed by atoms with E-state index in [1.807, 2.05) is 20.8 Å². The number of carbonyl (C=O) groups is 1. The lowest BCUT2D eigenvalue weighted by Crippen LogP contribution is -2.36. The first-order chi connectivity index (χ1) is 9.35. The number of carbonyl (C=O) groups excluding carboxylic acids is 1. The zero-order valence-electron chi connectivity index (χ0n) is 11.9. The van der Waals surface area contributed by atoms with Gasteiger partial charge in [0.15, 0.2) is 5.75 Å². The molecule has 4 nitrogen and oxygen atoms in total. The Bertz CT molecular complexity index is 480. The molecule has 112 valence electrons. The van der Waals surface area contributed by atoms with Crippen LogP contribution >= 0.6 is 27.5 Å². The number of nitrogens with one attached hydrogen (secondary N) is 1. The van der Waals surface area contributed by atoms with Crippen LogP contribution in [0.2, 0.25) is 5.02 Å². The molecule has 1 rings (SSSR count). The van der Waals surface area contributed by atoms with Crippen molar-refractivity contribution in [1.29, 1.82) is 0 Å². The maximum atomic E-state index is 12.1. The highest BCUT2D eigenvalue weighted by molar-refractivity contribution is 9.10. The summed E-state index contributed by atoms with van der Waals surface area (Å²) >= 11 is 9.38. The molecule has 0 spiro atoms. The zero-order valence-corrected chi connectivity index (χ0v) is 14.2. The Hall–Kier alpha value is -0.780. The Labute approximate surface area is 133 Å². The smallest absolute Gasteiger partial charge is 0.241 e. The van der Waals surface area contributed by atoms with Crippen molar-refractivity contribution in [3.63, 3.8) is 0 Å². The van der Waals surface area contributed by atoms with Crippen LogP contribution in [-0.2, 0) is 4.79 Å². The number of ether oxygens (including phenoxy) is 1. The third-order valence-electron chi connectivity index (χ3n) is 2.62. The molecule has 20 heavy (non-hydrogen) atoms. The molecular formula is C14H20BrClN2O2. The summed E-state index contributed by atoms with van der Waals surface area (Å²) in [5.74, 6) is 0.670. The van der Waals surface area contributed by atoms with Gasteiger partial charge >= 0.3 is 0 Å². The van der Waals surface area contributed by atoms with E-state index in [1.165, 1.54) is 0 Å². The first-order valence-electron chi connectivity index (χ1n) is 6.53. The highest BCUT2D eigenvalue weighted by atomic mass is 79.9. The maximum Gasteiger partial charge on any atom is 0.241 e. The van der Waals surface area contributed by atoms with Crippen molar-refractivity contribution in [3.8, 4) is 5.75 Å². The Morgan fingerprint density at radius 3 is 2.70 bits per heavy atom. The predicted octanol–water partition coefficient (Wildman–Crippen LogP) is 3.81. The van der Waals surface area contributed by atoms with Crippen LogP contribution in [0.15, 0.2) is 16.6 Å². The first kappa shape index (κ1) is 17.3. The van der Waals surface area contributed by atoms with E-state index < -0.39 is 6.04 Å². The lowest BCUT2D eigenvalue weighted by molar-refractivity contribution is -0.117. The molecule has 1 atom stereocenters. The molecule has 3 N–H and O–H groups in total. The van der Waals surface area contributed by atoms with Gasteiger partial charge in [-0.3, -0.25) is 4.79 Å². The standard InChI is InChI=1S/C14H20BrClN2O2/c1-4-20-13-10(15)6-9(16)7-12(13)18-14(19)11(17)5-8(2)3/h6-8,11H,4-5,17H2,1-3H3,(H,18,19). The summed E-state index contributed by atoms with van der Waals surface area (Å²) in [6.45, 7) is 6.40. The molecule has 0 saturated carbocycles. The Balaban J connectivity index is 2.93. The highest BCUT2D eigenvalue weighted by Gasteiger charge is 2.18. The number of hydrogen-bond donors (Lipinski definition) is 2. The van der Waals surface area contributed by atoms with Gasteiger partial charge in [-0.2, -0.15) is 0 Å². The molecule has 1 aromatic carbocycles. The lowest BCUT2D eigenvalue weighted by Gasteiger charge is -2.17. The molecule has 6 heteroatoms. The van der Waals surface area contributed by atoms with Crippen LogP contribution in [0, 0.1) is 5.92 Å². The van der Waals surface area contributed by atoms with Gasteiger partial charge in [-0.05, 0) is 47.3 Å². The van der Waals surface area contributed by atoms with Crippen LogP contribution in [0.5, 0.6) is 5.75 Å². The highest BCUT2D eigenvalue weighted by Crippen LogP contribution is 2.36. The number of benzene rings is 1. The van der Waals surface area contributed by atoms with Gasteiger partial charge < -0.3 is 15.8 Å². The molecule has 1 aromatic rings. The fourth-order valence-corrected chi connectivity index (χ4v) is 2.71. The number of nitrogens with two attached hydrogens (primary N) is 1. The largest absolute Gasteiger partial charge is 0.491 e. The second kappa shape index (κ2) is 7.86. The zero-order chi connectivity index (χ0) is 15.3. The summed E-state index contributed by atoms with van der Waals surface area (Å²) in [7, 11) is 0. The van der Waals surface area contributed by atoms with Gasteiger partial charge in [-0.25, -0.2) is 0 Å². The normalized spacial score (nSPS) is 12.3. The molecule has 0 aliphatic rings. The Morgan fingerprint density at radius 1 is 1.50 bits per heavy atom. The minimum Gasteiger partial charge on any atom is -0.491 e. The van der Waals surface area contributed by atoms with E-state index in [4.69, 9.17) is 22.1 Å². The SMILES string of the molecule is CCOc1c(Br)cc(Cl)cc1NC(=O)C(N)CC(C)C. The van der Waals surface area contributed by atoms with Crippen LogP contribution in [0.1, 0.15) is 27.2 Å². The van der Waals surface area contributed by atoms with E-state index >= 15 is 0 Å². The molecule has 1 unspecified atom stereocenters. The molecule has 0 heterocycles. The molecule has 1 amide bonds. The molecule has 0 saturated heterocycles. The summed E-state index contributed by atoms with van der Waals surface area (Å²) in [6, 6.07) is 2.82. The Morgan fingerprint density at radius 2 is 2.15 bits per heavy atom. The van der Waals surface area contributed by atoms with Crippen molar-refractivity contribution in [2.45, 2.75) is 33.2 Å². The Kier molecular flexibility index (Phi) is 6.79. The van der Waals surface area contributed by atoms with E-state index in [-0.39, 0.29) is 5.91 Å². The van der Waals surface area contributed by atoms with Gasteiger partial charge in [-0.15, -0.1) is 0 Å². The molecule has 0 fully saturated rings. The molecule has 0 aromatic heterocycles. The first-order valence-corrected chi connectivity index (χ1v) is 7.70. The minimum absolute atomic E-state index is 0.242. The number of halogens is 2. The number of rotatable bonds is 6. The van der Waals surface area contributed by atoms with Gasteiger partial charge in [0.2, 0.25) is 5.91 Å². The number of hydrogen-bond acceptors (Lipinski definition) is 3. The van der Waals surface area contributed by atoms with Crippen LogP contribution in [0.4, 0.5) is 5.69 Å². The monoisotopic (exact) mass is 362 g/mol. The molecule has 0 aliphatic carbocycles. The second-order valence-electron chi connectivity index (χ2n) is 4.92. The average molecular weight is 364 g/mol. The maximum absolute atomic E-state index is 12.1. The van der Waals surface area contributed by atoms with E-state index in [1.54, 1.807) is 12.1 Å². The van der Waals surface area contributed by atoms with E-state index in [0.29, 0.717) is 39.9 Å². The minimum atomic E-state index is -0.553. The average Bonchev–Trinajstić information content (AvgIpc) is 2.32. The summed E-state index contributed by atoms with van der Waals surface area (Å²) in [6.07, 6.45) is 0.623. The predicted molar refractivity (Wildman–Crippen MR) is 86.4 cm³/mol. The van der Waals surface area contributed by atoms with Crippen molar-refractivity contribution < 1.29 is 9.53 Å². The number of amides is 1. The van der Waals surface area contributed by atoms with Crippen LogP contribution in [0.3, 0.4) is 0 Å². The lowest BCUT2D eigenvalue weighted by atomic mass is 10.0. The van der Waals surface area contributed by atoms with Gasteiger partial charge in [0, 0.05) is 5.02 Å². The van der Waals surface area contributed by atoms with Gasteiger partial charge in [0.25, 0.3) is 0 Å². The quantitative estimate of drug-likeness (QED) is 0.807. The summed E-state index contributed by atoms with van der Waals surface area (Å²) in [5, 5.41) is 3.29. The second-order valence-corrected chi connectivity index (χ2v) is 6.21. The molecule has 0 aliphatic heterocycles. The fraction of sp³-hybridized carbons (Fsp3) is 0.500. The fourth-order valence-electron chi connectivity index (χ4n) is 1.78. The molecular weight excluding hydrogens is 344 g/mol. The number of anilines is 1. The molecule has 0 radical (unpaired) electrons. The third kappa shape index (κ3) is 4.96. The van der Waals surface area contributed by atoms with Crippen LogP contribution in [-0.4, -0.2) is 18.6 Å². The van der Waals surface area contributed by atoms with E-state index in [9.17, 15) is 4.79 Å². The van der Waals surface area contributed by atoms with Crippen LogP contribution < -0.4 is 15.8 Å². The van der Waals surface area contributed by atoms with Crippen molar-refractivity contribution in [2.24, 2.45) is 11.7 Å². The van der Waals surface area contributed by atoms with E-state index in [0.717, 1.165) is 0 Å². The summed E-state index contributed by atoms with van der Waals surface area (Å²) in [5.41, 5.74) is 6.39. The van der Waals surface area contributed by atoms with Crippen molar-refractivity contribution in [2.75, 3.05) is 11.9 Å². The van der Waals surface area contributed by atoms with Crippen LogP contribution in [0.25, 0.3) is 0 Å².